The quantitative estimate of drug-likeness (QED) is 0.566. The zero-order valence-corrected chi connectivity index (χ0v) is 20.5. The second kappa shape index (κ2) is 10.3. The van der Waals surface area contributed by atoms with E-state index in [1.165, 1.54) is 12.1 Å². The molecule has 6 heteroatoms. The molecule has 0 bridgehead atoms. The number of methoxy groups -OCH3 is 1. The first-order valence-electron chi connectivity index (χ1n) is 12.1. The monoisotopic (exact) mass is 466 g/mol. The van der Waals surface area contributed by atoms with E-state index in [-0.39, 0.29) is 30.0 Å². The van der Waals surface area contributed by atoms with Gasteiger partial charge in [0.25, 0.3) is 0 Å². The Morgan fingerprint density at radius 3 is 2.65 bits per heavy atom. The lowest BCUT2D eigenvalue weighted by molar-refractivity contribution is 0.0468. The van der Waals surface area contributed by atoms with Crippen LogP contribution in [0.25, 0.3) is 17.2 Å². The highest BCUT2D eigenvalue weighted by Gasteiger charge is 2.45. The van der Waals surface area contributed by atoms with Crippen LogP contribution in [0.2, 0.25) is 0 Å². The molecule has 2 saturated carbocycles. The Bertz CT molecular complexity index is 1020. The molecule has 4 rings (SSSR count). The maximum Gasteiger partial charge on any atom is 0.407 e. The molecule has 1 heterocycles. The first-order chi connectivity index (χ1) is 16.2. The van der Waals surface area contributed by atoms with Gasteiger partial charge in [0.2, 0.25) is 0 Å². The Hall–Kier alpha value is -2.73. The number of carbonyl (C=O) groups excluding carboxylic acids is 1. The van der Waals surface area contributed by atoms with Gasteiger partial charge in [-0.15, -0.1) is 0 Å². The molecule has 182 valence electrons. The first-order valence-corrected chi connectivity index (χ1v) is 12.1. The van der Waals surface area contributed by atoms with Crippen molar-refractivity contribution in [2.45, 2.75) is 64.2 Å². The number of carbonyl (C=O) groups is 1. The van der Waals surface area contributed by atoms with E-state index in [1.807, 2.05) is 39.0 Å². The smallest absolute Gasteiger partial charge is 0.407 e. The van der Waals surface area contributed by atoms with Crippen molar-refractivity contribution < 1.29 is 18.7 Å². The lowest BCUT2D eigenvalue weighted by atomic mass is 9.75. The summed E-state index contributed by atoms with van der Waals surface area (Å²) in [6, 6.07) is 10.6. The van der Waals surface area contributed by atoms with Gasteiger partial charge in [-0.05, 0) is 88.1 Å². The van der Waals surface area contributed by atoms with E-state index in [0.717, 1.165) is 42.5 Å². The van der Waals surface area contributed by atoms with Crippen LogP contribution in [0.1, 0.15) is 52.1 Å². The Balaban J connectivity index is 1.43. The summed E-state index contributed by atoms with van der Waals surface area (Å²) >= 11 is 0. The van der Waals surface area contributed by atoms with Gasteiger partial charge in [-0.3, -0.25) is 4.98 Å². The molecule has 34 heavy (non-hydrogen) atoms. The molecule has 5 nitrogen and oxygen atoms in total. The average Bonchev–Trinajstić information content (AvgIpc) is 3.13. The minimum absolute atomic E-state index is 0.117. The summed E-state index contributed by atoms with van der Waals surface area (Å²) in [5.41, 5.74) is 2.05. The number of alkyl carbamates (subject to hydrolysis) is 1. The SMILES string of the molecule is CO[C@H]1C[C@H]2CC[C@@H](NC(=O)OC(C)(C)C)C[C@H]2[C@@H]1/C=C/c1ccc(-c2cccc(F)c2)cn1. The van der Waals surface area contributed by atoms with E-state index < -0.39 is 5.60 Å². The van der Waals surface area contributed by atoms with Crippen molar-refractivity contribution in [3.05, 3.63) is 60.2 Å². The van der Waals surface area contributed by atoms with Crippen LogP contribution in [-0.4, -0.2) is 35.9 Å². The predicted molar refractivity (Wildman–Crippen MR) is 132 cm³/mol. The molecule has 0 radical (unpaired) electrons. The third-order valence-corrected chi connectivity index (χ3v) is 6.96. The number of hydrogen-bond donors (Lipinski definition) is 1. The number of aromatic nitrogens is 1. The van der Waals surface area contributed by atoms with Crippen molar-refractivity contribution >= 4 is 12.2 Å². The third-order valence-electron chi connectivity index (χ3n) is 6.96. The van der Waals surface area contributed by atoms with Gasteiger partial charge in [-0.25, -0.2) is 9.18 Å². The van der Waals surface area contributed by atoms with E-state index in [9.17, 15) is 9.18 Å². The van der Waals surface area contributed by atoms with Crippen LogP contribution in [0.3, 0.4) is 0 Å². The van der Waals surface area contributed by atoms with Crippen LogP contribution >= 0.6 is 0 Å². The highest BCUT2D eigenvalue weighted by atomic mass is 19.1. The number of amides is 1. The molecule has 1 aromatic carbocycles. The molecule has 1 N–H and O–H groups in total. The van der Waals surface area contributed by atoms with Crippen LogP contribution in [0, 0.1) is 23.6 Å². The molecule has 5 atom stereocenters. The molecule has 0 spiro atoms. The number of halogens is 1. The molecule has 2 fully saturated rings. The van der Waals surface area contributed by atoms with Crippen molar-refractivity contribution in [1.29, 1.82) is 0 Å². The lowest BCUT2D eigenvalue weighted by Gasteiger charge is -2.34. The fourth-order valence-corrected chi connectivity index (χ4v) is 5.44. The molecule has 0 aliphatic heterocycles. The lowest BCUT2D eigenvalue weighted by Crippen LogP contribution is -2.43. The van der Waals surface area contributed by atoms with Gasteiger partial charge >= 0.3 is 6.09 Å². The molecule has 2 aliphatic rings. The first kappa shape index (κ1) is 24.4. The molecule has 0 unspecified atom stereocenters. The van der Waals surface area contributed by atoms with E-state index >= 15 is 0 Å². The van der Waals surface area contributed by atoms with Gasteiger partial charge in [0.1, 0.15) is 11.4 Å². The van der Waals surface area contributed by atoms with Crippen LogP contribution in [0.15, 0.2) is 48.7 Å². The molecule has 2 aliphatic carbocycles. The van der Waals surface area contributed by atoms with Gasteiger partial charge < -0.3 is 14.8 Å². The Labute approximate surface area is 201 Å². The summed E-state index contributed by atoms with van der Waals surface area (Å²) in [6.45, 7) is 5.63. The second-order valence-electron chi connectivity index (χ2n) is 10.5. The Kier molecular flexibility index (Phi) is 7.36. The van der Waals surface area contributed by atoms with Crippen LogP contribution in [0.5, 0.6) is 0 Å². The van der Waals surface area contributed by atoms with E-state index in [0.29, 0.717) is 11.8 Å². The molecule has 0 saturated heterocycles. The number of pyridine rings is 1. The standard InChI is InChI=1S/C28H35FN2O3/c1-28(2,3)34-27(32)31-23-11-8-19-15-26(33-4)24(25(19)16-23)13-12-22-10-9-20(17-30-22)18-6-5-7-21(29)14-18/h5-7,9-10,12-14,17,19,23-26H,8,11,15-16H2,1-4H3,(H,31,32)/b13-12+/t19-,23-,24+,25-,26+/m1/s1. The van der Waals surface area contributed by atoms with Crippen molar-refractivity contribution in [2.24, 2.45) is 17.8 Å². The summed E-state index contributed by atoms with van der Waals surface area (Å²) in [5.74, 6) is 1.05. The van der Waals surface area contributed by atoms with Crippen molar-refractivity contribution in [1.82, 2.24) is 10.3 Å². The van der Waals surface area contributed by atoms with Crippen molar-refractivity contribution in [3.8, 4) is 11.1 Å². The normalized spacial score (nSPS) is 26.9. The van der Waals surface area contributed by atoms with E-state index in [1.54, 1.807) is 19.4 Å². The number of ether oxygens (including phenoxy) is 2. The van der Waals surface area contributed by atoms with Crippen LogP contribution < -0.4 is 5.32 Å². The minimum Gasteiger partial charge on any atom is -0.444 e. The summed E-state index contributed by atoms with van der Waals surface area (Å²) < 4.78 is 24.8. The zero-order valence-electron chi connectivity index (χ0n) is 20.5. The number of nitrogens with zero attached hydrogens (tertiary/aromatic N) is 1. The minimum atomic E-state index is -0.502. The molecule has 1 aromatic heterocycles. The summed E-state index contributed by atoms with van der Waals surface area (Å²) in [5, 5.41) is 3.08. The molecule has 2 aromatic rings. The number of fused-ring (bicyclic) bond motifs is 1. The Morgan fingerprint density at radius 2 is 1.97 bits per heavy atom. The maximum absolute atomic E-state index is 13.5. The maximum atomic E-state index is 13.5. The average molecular weight is 467 g/mol. The highest BCUT2D eigenvalue weighted by Crippen LogP contribution is 2.47. The van der Waals surface area contributed by atoms with Gasteiger partial charge in [0.15, 0.2) is 0 Å². The fraction of sp³-hybridized carbons (Fsp3) is 0.500. The number of rotatable bonds is 5. The summed E-state index contributed by atoms with van der Waals surface area (Å²) in [6.07, 6.45) is 9.89. The van der Waals surface area contributed by atoms with Gasteiger partial charge in [-0.1, -0.05) is 24.3 Å². The van der Waals surface area contributed by atoms with Crippen LogP contribution in [0.4, 0.5) is 9.18 Å². The summed E-state index contributed by atoms with van der Waals surface area (Å²) in [4.78, 5) is 16.8. The number of nitrogens with one attached hydrogen (secondary N) is 1. The van der Waals surface area contributed by atoms with Gasteiger partial charge in [0, 0.05) is 30.8 Å². The van der Waals surface area contributed by atoms with Crippen molar-refractivity contribution in [3.63, 3.8) is 0 Å². The van der Waals surface area contributed by atoms with Gasteiger partial charge in [0.05, 0.1) is 11.8 Å². The largest absolute Gasteiger partial charge is 0.444 e. The molecular weight excluding hydrogens is 431 g/mol. The predicted octanol–water partition coefficient (Wildman–Crippen LogP) is 6.25. The topological polar surface area (TPSA) is 60.5 Å². The molecule has 1 amide bonds. The van der Waals surface area contributed by atoms with Gasteiger partial charge in [-0.2, -0.15) is 0 Å². The number of benzene rings is 1. The molecular formula is C28H35FN2O3. The summed E-state index contributed by atoms with van der Waals surface area (Å²) in [7, 11) is 1.78. The second-order valence-corrected chi connectivity index (χ2v) is 10.5. The highest BCUT2D eigenvalue weighted by molar-refractivity contribution is 5.68. The zero-order chi connectivity index (χ0) is 24.3. The Morgan fingerprint density at radius 1 is 1.15 bits per heavy atom. The fourth-order valence-electron chi connectivity index (χ4n) is 5.44. The van der Waals surface area contributed by atoms with E-state index in [4.69, 9.17) is 9.47 Å². The van der Waals surface area contributed by atoms with Crippen molar-refractivity contribution in [2.75, 3.05) is 7.11 Å². The van der Waals surface area contributed by atoms with Crippen LogP contribution in [-0.2, 0) is 9.47 Å². The third kappa shape index (κ3) is 6.03. The number of hydrogen-bond acceptors (Lipinski definition) is 4. The van der Waals surface area contributed by atoms with E-state index in [2.05, 4.69) is 22.5 Å².